The van der Waals surface area contributed by atoms with Gasteiger partial charge in [-0.25, -0.2) is 0 Å². The van der Waals surface area contributed by atoms with E-state index in [1.165, 1.54) is 0 Å². The number of H-pyrrole nitrogens is 1. The molecule has 2 rings (SSSR count). The maximum atomic E-state index is 5.13. The quantitative estimate of drug-likeness (QED) is 0.911. The minimum Gasteiger partial charge on any atom is -0.497 e. The molecule has 90 valence electrons. The highest BCUT2D eigenvalue weighted by Gasteiger charge is 2.11. The van der Waals surface area contributed by atoms with E-state index in [-0.39, 0.29) is 0 Å². The predicted molar refractivity (Wildman–Crippen MR) is 71.0 cm³/mol. The minimum absolute atomic E-state index is 0.754. The van der Waals surface area contributed by atoms with Gasteiger partial charge in [0, 0.05) is 12.1 Å². The smallest absolute Gasteiger partial charge is 0.118 e. The Kier molecular flexibility index (Phi) is 3.81. The van der Waals surface area contributed by atoms with E-state index in [1.807, 2.05) is 31.3 Å². The normalized spacial score (nSPS) is 10.5. The molecule has 0 aliphatic carbocycles. The number of rotatable bonds is 4. The van der Waals surface area contributed by atoms with Crippen LogP contribution >= 0.6 is 15.9 Å². The van der Waals surface area contributed by atoms with Crippen LogP contribution in [0.2, 0.25) is 0 Å². The molecule has 0 atom stereocenters. The third-order valence-corrected chi connectivity index (χ3v) is 3.35. The summed E-state index contributed by atoms with van der Waals surface area (Å²) in [6.45, 7) is 0.754. The molecular formula is C12H14BrN3O. The van der Waals surface area contributed by atoms with Gasteiger partial charge >= 0.3 is 0 Å². The zero-order valence-corrected chi connectivity index (χ0v) is 11.3. The van der Waals surface area contributed by atoms with E-state index in [9.17, 15) is 0 Å². The average Bonchev–Trinajstić information content (AvgIpc) is 2.72. The highest BCUT2D eigenvalue weighted by molar-refractivity contribution is 9.10. The number of nitrogens with zero attached hydrogens (tertiary/aromatic N) is 1. The molecule has 0 saturated carbocycles. The summed E-state index contributed by atoms with van der Waals surface area (Å²) in [7, 11) is 3.56. The Hall–Kier alpha value is -1.33. The molecule has 0 radical (unpaired) electrons. The zero-order valence-electron chi connectivity index (χ0n) is 9.75. The number of hydrogen-bond donors (Lipinski definition) is 2. The number of halogens is 1. The summed E-state index contributed by atoms with van der Waals surface area (Å²) in [5.41, 5.74) is 3.01. The van der Waals surface area contributed by atoms with Gasteiger partial charge in [-0.3, -0.25) is 5.10 Å². The molecule has 5 heteroatoms. The second kappa shape index (κ2) is 5.33. The number of benzene rings is 1. The molecule has 1 heterocycles. The monoisotopic (exact) mass is 295 g/mol. The molecule has 0 saturated heterocycles. The molecule has 1 aromatic heterocycles. The topological polar surface area (TPSA) is 49.9 Å². The number of aromatic nitrogens is 2. The molecule has 17 heavy (non-hydrogen) atoms. The van der Waals surface area contributed by atoms with Crippen LogP contribution in [-0.4, -0.2) is 24.4 Å². The molecule has 0 aliphatic rings. The first-order chi connectivity index (χ1) is 8.26. The van der Waals surface area contributed by atoms with Crippen LogP contribution in [0.3, 0.4) is 0 Å². The lowest BCUT2D eigenvalue weighted by Gasteiger charge is -2.01. The van der Waals surface area contributed by atoms with E-state index in [2.05, 4.69) is 31.4 Å². The average molecular weight is 296 g/mol. The Morgan fingerprint density at radius 3 is 2.65 bits per heavy atom. The highest BCUT2D eigenvalue weighted by Crippen LogP contribution is 2.29. The van der Waals surface area contributed by atoms with Gasteiger partial charge in [-0.2, -0.15) is 5.10 Å². The molecule has 0 bridgehead atoms. The third-order valence-electron chi connectivity index (χ3n) is 2.49. The summed E-state index contributed by atoms with van der Waals surface area (Å²) in [6.07, 6.45) is 0. The van der Waals surface area contributed by atoms with Gasteiger partial charge in [0.25, 0.3) is 0 Å². The third kappa shape index (κ3) is 2.50. The van der Waals surface area contributed by atoms with E-state index in [4.69, 9.17) is 4.74 Å². The van der Waals surface area contributed by atoms with Crippen LogP contribution in [0.1, 0.15) is 5.69 Å². The fourth-order valence-electron chi connectivity index (χ4n) is 1.60. The van der Waals surface area contributed by atoms with Gasteiger partial charge in [0.2, 0.25) is 0 Å². The van der Waals surface area contributed by atoms with E-state index in [0.29, 0.717) is 0 Å². The summed E-state index contributed by atoms with van der Waals surface area (Å²) in [5, 5.41) is 10.4. The van der Waals surface area contributed by atoms with Crippen LogP contribution in [0.25, 0.3) is 11.3 Å². The Balaban J connectivity index is 2.32. The molecular weight excluding hydrogens is 282 g/mol. The van der Waals surface area contributed by atoms with Gasteiger partial charge in [0.05, 0.1) is 17.3 Å². The first kappa shape index (κ1) is 12.1. The fourth-order valence-corrected chi connectivity index (χ4v) is 2.14. The van der Waals surface area contributed by atoms with Crippen molar-refractivity contribution in [2.24, 2.45) is 0 Å². The van der Waals surface area contributed by atoms with Crippen molar-refractivity contribution in [2.75, 3.05) is 14.2 Å². The predicted octanol–water partition coefficient (Wildman–Crippen LogP) is 2.57. The lowest BCUT2D eigenvalue weighted by molar-refractivity contribution is 0.415. The first-order valence-electron chi connectivity index (χ1n) is 5.28. The van der Waals surface area contributed by atoms with Crippen LogP contribution in [0.5, 0.6) is 5.75 Å². The first-order valence-corrected chi connectivity index (χ1v) is 6.07. The van der Waals surface area contributed by atoms with Gasteiger partial charge in [-0.1, -0.05) is 0 Å². The number of aromatic amines is 1. The molecule has 4 nitrogen and oxygen atoms in total. The molecule has 2 N–H and O–H groups in total. The number of ether oxygens (including phenoxy) is 1. The van der Waals surface area contributed by atoms with Crippen LogP contribution in [0.15, 0.2) is 28.7 Å². The van der Waals surface area contributed by atoms with E-state index in [1.54, 1.807) is 7.11 Å². The highest BCUT2D eigenvalue weighted by atomic mass is 79.9. The van der Waals surface area contributed by atoms with Crippen LogP contribution in [0.4, 0.5) is 0 Å². The van der Waals surface area contributed by atoms with Gasteiger partial charge in [0.1, 0.15) is 11.4 Å². The lowest BCUT2D eigenvalue weighted by Crippen LogP contribution is -2.05. The van der Waals surface area contributed by atoms with Crippen molar-refractivity contribution >= 4 is 15.9 Å². The Morgan fingerprint density at radius 2 is 2.06 bits per heavy atom. The van der Waals surface area contributed by atoms with E-state index < -0.39 is 0 Å². The molecule has 2 aromatic rings. The molecule has 0 unspecified atom stereocenters. The van der Waals surface area contributed by atoms with Gasteiger partial charge in [-0.15, -0.1) is 0 Å². The van der Waals surface area contributed by atoms with E-state index >= 15 is 0 Å². The summed E-state index contributed by atoms with van der Waals surface area (Å²) < 4.78 is 6.13. The van der Waals surface area contributed by atoms with Crippen molar-refractivity contribution < 1.29 is 4.74 Å². The van der Waals surface area contributed by atoms with Crippen molar-refractivity contribution in [2.45, 2.75) is 6.54 Å². The zero-order chi connectivity index (χ0) is 12.3. The standard InChI is InChI=1S/C12H14BrN3O/c1-14-7-10-11(13)12(16-15-10)8-3-5-9(17-2)6-4-8/h3-6,14H,7H2,1-2H3,(H,15,16). The summed E-state index contributed by atoms with van der Waals surface area (Å²) in [4.78, 5) is 0. The SMILES string of the molecule is CNCc1[nH]nc(-c2ccc(OC)cc2)c1Br. The second-order valence-electron chi connectivity index (χ2n) is 3.62. The molecule has 0 amide bonds. The van der Waals surface area contributed by atoms with Crippen molar-refractivity contribution in [3.05, 3.63) is 34.4 Å². The van der Waals surface area contributed by atoms with Crippen LogP contribution in [0, 0.1) is 0 Å². The largest absolute Gasteiger partial charge is 0.497 e. The lowest BCUT2D eigenvalue weighted by atomic mass is 10.1. The van der Waals surface area contributed by atoms with Crippen LogP contribution in [-0.2, 0) is 6.54 Å². The summed E-state index contributed by atoms with van der Waals surface area (Å²) in [6, 6.07) is 7.83. The molecule has 0 spiro atoms. The van der Waals surface area contributed by atoms with Crippen molar-refractivity contribution in [3.8, 4) is 17.0 Å². The maximum Gasteiger partial charge on any atom is 0.118 e. The number of hydrogen-bond acceptors (Lipinski definition) is 3. The number of methoxy groups -OCH3 is 1. The van der Waals surface area contributed by atoms with Crippen molar-refractivity contribution in [3.63, 3.8) is 0 Å². The van der Waals surface area contributed by atoms with Gasteiger partial charge in [-0.05, 0) is 47.2 Å². The number of nitrogens with one attached hydrogen (secondary N) is 2. The Morgan fingerprint density at radius 1 is 1.35 bits per heavy atom. The minimum atomic E-state index is 0.754. The second-order valence-corrected chi connectivity index (χ2v) is 4.42. The van der Waals surface area contributed by atoms with Gasteiger partial charge in [0.15, 0.2) is 0 Å². The fraction of sp³-hybridized carbons (Fsp3) is 0.250. The van der Waals surface area contributed by atoms with E-state index in [0.717, 1.165) is 33.7 Å². The van der Waals surface area contributed by atoms with Crippen molar-refractivity contribution in [1.82, 2.24) is 15.5 Å². The summed E-state index contributed by atoms with van der Waals surface area (Å²) >= 11 is 3.56. The summed E-state index contributed by atoms with van der Waals surface area (Å²) in [5.74, 6) is 0.843. The van der Waals surface area contributed by atoms with Gasteiger partial charge < -0.3 is 10.1 Å². The molecule has 0 aliphatic heterocycles. The Labute approximate surface area is 109 Å². The van der Waals surface area contributed by atoms with Crippen molar-refractivity contribution in [1.29, 1.82) is 0 Å². The maximum absolute atomic E-state index is 5.13. The van der Waals surface area contributed by atoms with Crippen LogP contribution < -0.4 is 10.1 Å². The molecule has 0 fully saturated rings. The Bertz CT molecular complexity index is 493. The molecule has 1 aromatic carbocycles.